The molecule has 0 unspecified atom stereocenters. The van der Waals surface area contributed by atoms with Gasteiger partial charge in [0.25, 0.3) is 0 Å². The Kier molecular flexibility index (Phi) is 56.5. The van der Waals surface area contributed by atoms with E-state index in [0.717, 1.165) is 0 Å². The van der Waals surface area contributed by atoms with Crippen LogP contribution in [0.3, 0.4) is 0 Å². The number of hydrogen-bond acceptors (Lipinski definition) is 0. The van der Waals surface area contributed by atoms with Crippen LogP contribution in [0.5, 0.6) is 0 Å². The summed E-state index contributed by atoms with van der Waals surface area (Å²) in [6.45, 7) is 6.50. The smallest absolute Gasteiger partial charge is 2.00 e. The Labute approximate surface area is 100 Å². The molecule has 51 valence electrons. The summed E-state index contributed by atoms with van der Waals surface area (Å²) in [5.74, 6) is 0. The normalized spacial score (nSPS) is 4.33. The van der Waals surface area contributed by atoms with Gasteiger partial charge in [-0.3, -0.25) is 0 Å². The second-order valence-corrected chi connectivity index (χ2v) is 14.3. The van der Waals surface area contributed by atoms with Gasteiger partial charge in [0.2, 0.25) is 0 Å². The third-order valence-electron chi connectivity index (χ3n) is 0. The van der Waals surface area contributed by atoms with Crippen LogP contribution >= 0.6 is 16.9 Å². The van der Waals surface area contributed by atoms with Gasteiger partial charge in [-0.05, 0) is 0 Å². The molecule has 0 aromatic carbocycles. The van der Waals surface area contributed by atoms with Gasteiger partial charge in [-0.15, -0.1) is 0 Å². The predicted octanol–water partition coefficient (Wildman–Crippen LogP) is -0.302. The van der Waals surface area contributed by atoms with E-state index in [4.69, 9.17) is 16.9 Å². The van der Waals surface area contributed by atoms with Gasteiger partial charge in [-0.25, -0.2) is 19.6 Å². The molecule has 0 N–H and O–H groups in total. The molecule has 0 aromatic rings. The largest absolute Gasteiger partial charge is 2.00 e. The molecule has 0 aromatic heterocycles. The van der Waals surface area contributed by atoms with Gasteiger partial charge in [0.05, 0.1) is 0 Å². The summed E-state index contributed by atoms with van der Waals surface area (Å²) < 4.78 is 0. The zero-order chi connectivity index (χ0) is 6.28. The number of rotatable bonds is 0. The Balaban J connectivity index is -0.0000000233. The summed E-state index contributed by atoms with van der Waals surface area (Å²) in [6.07, 6.45) is 1.50. The zero-order valence-corrected chi connectivity index (χ0v) is 12.3. The fourth-order valence-corrected chi connectivity index (χ4v) is 0. The minimum Gasteiger partial charge on any atom is 2.00 e. The summed E-state index contributed by atoms with van der Waals surface area (Å²) in [5, 5.41) is 0. The minimum absolute atomic E-state index is 0. The molecule has 0 fully saturated rings. The van der Waals surface area contributed by atoms with E-state index in [2.05, 4.69) is 13.5 Å². The average molecular weight is 347 g/mol. The maximum atomic E-state index is 5.02. The van der Waals surface area contributed by atoms with Gasteiger partial charge in [0.15, 0.2) is 0 Å². The molecule has 6 heteroatoms. The van der Waals surface area contributed by atoms with E-state index in [1.165, 1.54) is 6.08 Å². The second-order valence-electron chi connectivity index (χ2n) is 0.503. The van der Waals surface area contributed by atoms with Crippen LogP contribution in [0.2, 0.25) is 0 Å². The van der Waals surface area contributed by atoms with Crippen LogP contribution in [0.1, 0.15) is 0 Å². The van der Waals surface area contributed by atoms with Crippen molar-refractivity contribution in [1.82, 2.24) is 0 Å². The van der Waals surface area contributed by atoms with Gasteiger partial charge >= 0.3 is 70.6 Å². The molecule has 0 saturated heterocycles. The third-order valence-corrected chi connectivity index (χ3v) is 0. The molecule has 0 heterocycles. The molecule has 0 amide bonds. The quantitative estimate of drug-likeness (QED) is 0.417. The van der Waals surface area contributed by atoms with E-state index >= 15 is 0 Å². The fraction of sp³-hybridized carbons (Fsp3) is 0. The first-order valence-corrected chi connectivity index (χ1v) is 13.2. The van der Waals surface area contributed by atoms with Crippen LogP contribution in [0.25, 0.3) is 0 Å². The van der Waals surface area contributed by atoms with Crippen LogP contribution in [0.4, 0.5) is 0 Å². The first-order valence-electron chi connectivity index (χ1n) is 1.38. The van der Waals surface area contributed by atoms with E-state index in [1.807, 2.05) is 0 Å². The van der Waals surface area contributed by atoms with E-state index < -0.39 is 30.7 Å². The van der Waals surface area contributed by atoms with E-state index in [1.54, 1.807) is 0 Å². The predicted molar refractivity (Wildman–Crippen MR) is 38.9 cm³/mol. The van der Waals surface area contributed by atoms with Crippen molar-refractivity contribution in [2.45, 2.75) is 0 Å². The van der Waals surface area contributed by atoms with Crippen LogP contribution in [0, 0.1) is 37.6 Å². The molecule has 0 bridgehead atoms. The molecule has 0 saturated carbocycles. The Bertz CT molecular complexity index is 40.0. The van der Waals surface area contributed by atoms with Crippen molar-refractivity contribution < 1.29 is 43.1 Å². The first kappa shape index (κ1) is 22.7. The Morgan fingerprint density at radius 2 is 1.33 bits per heavy atom. The molecular weight excluding hydrogens is 342 g/mol. The monoisotopic (exact) mass is 345 g/mol. The summed E-state index contributed by atoms with van der Waals surface area (Å²) in [6, 6.07) is 0. The second kappa shape index (κ2) is 22.4. The van der Waals surface area contributed by atoms with Crippen molar-refractivity contribution in [1.29, 1.82) is 0 Å². The van der Waals surface area contributed by atoms with Gasteiger partial charge in [-0.1, -0.05) is 0 Å². The molecule has 0 radical (unpaired) electrons. The maximum Gasteiger partial charge on any atom is 2.00 e. The minimum atomic E-state index is -2.24. The van der Waals surface area contributed by atoms with E-state index in [9.17, 15) is 0 Å². The molecule has 9 heavy (non-hydrogen) atoms. The van der Waals surface area contributed by atoms with Gasteiger partial charge in [0.1, 0.15) is 0 Å². The summed E-state index contributed by atoms with van der Waals surface area (Å²) in [4.78, 5) is 0. The third kappa shape index (κ3) is 102. The number of allylic oxidation sites excluding steroid dienone is 1. The maximum absolute atomic E-state index is 5.02. The van der Waals surface area contributed by atoms with Gasteiger partial charge in [-0.2, -0.15) is 0 Å². The van der Waals surface area contributed by atoms with Crippen molar-refractivity contribution in [2.75, 3.05) is 0 Å². The Hall–Kier alpha value is 2.91. The Morgan fingerprint density at radius 1 is 1.33 bits per heavy atom. The van der Waals surface area contributed by atoms with Gasteiger partial charge < -0.3 is 12.4 Å². The van der Waals surface area contributed by atoms with Crippen molar-refractivity contribution in [2.24, 2.45) is 0 Å². The van der Waals surface area contributed by atoms with Crippen molar-refractivity contribution >= 4 is 39.9 Å². The molecular formula is C3H5CeCl4Mg. The van der Waals surface area contributed by atoms with Crippen molar-refractivity contribution in [3.63, 3.8) is 0 Å². The van der Waals surface area contributed by atoms with Crippen molar-refractivity contribution in [3.05, 3.63) is 19.6 Å². The Morgan fingerprint density at radius 3 is 1.33 bits per heavy atom. The standard InChI is InChI=1S/C3H5.Ce.4ClH.Mg/c1-3-2;;;;;;/h3H,1-2H2;;4*1H;/q-1;+3;;;;;+2/p-4. The molecule has 0 aliphatic rings. The molecule has 0 nitrogen and oxygen atoms in total. The molecule has 0 aliphatic heterocycles. The van der Waals surface area contributed by atoms with E-state index in [-0.39, 0.29) is 35.5 Å². The SMILES string of the molecule is C=C[CH2-].[Cl-].[Cl][Ce]([Cl])[Cl].[Mg+2]. The van der Waals surface area contributed by atoms with Gasteiger partial charge in [0, 0.05) is 0 Å². The van der Waals surface area contributed by atoms with E-state index in [0.29, 0.717) is 0 Å². The summed E-state index contributed by atoms with van der Waals surface area (Å²) in [5.41, 5.74) is 15.1. The average Bonchev–Trinajstić information content (AvgIpc) is 1.33. The summed E-state index contributed by atoms with van der Waals surface area (Å²) >= 11 is -2.24. The number of halogens is 4. The molecule has 0 spiro atoms. The number of hydrogen-bond donors (Lipinski definition) is 0. The summed E-state index contributed by atoms with van der Waals surface area (Å²) in [7, 11) is 0. The topological polar surface area (TPSA) is 0 Å². The first-order chi connectivity index (χ1) is 3.15. The van der Waals surface area contributed by atoms with Crippen LogP contribution in [-0.4, -0.2) is 23.1 Å². The molecule has 0 rings (SSSR count). The fourth-order valence-electron chi connectivity index (χ4n) is 0. The van der Waals surface area contributed by atoms with Crippen molar-refractivity contribution in [3.8, 4) is 0 Å². The van der Waals surface area contributed by atoms with Crippen LogP contribution < -0.4 is 12.4 Å². The van der Waals surface area contributed by atoms with Crippen LogP contribution in [-0.2, 0) is 0 Å². The molecule has 0 aliphatic carbocycles. The zero-order valence-electron chi connectivity index (χ0n) is 4.71. The van der Waals surface area contributed by atoms with Crippen LogP contribution in [0.15, 0.2) is 12.7 Å². The molecule has 0 atom stereocenters.